The van der Waals surface area contributed by atoms with Gasteiger partial charge in [-0.25, -0.2) is 0 Å². The number of aromatic nitrogens is 1. The highest BCUT2D eigenvalue weighted by Gasteiger charge is 2.02. The molecule has 0 aromatic carbocycles. The van der Waals surface area contributed by atoms with Crippen molar-refractivity contribution in [1.82, 2.24) is 15.6 Å². The number of pyridine rings is 1. The van der Waals surface area contributed by atoms with Crippen LogP contribution < -0.4 is 10.6 Å². The van der Waals surface area contributed by atoms with Crippen LogP contribution in [-0.2, 0) is 17.9 Å². The number of furan rings is 1. The number of nitrogens with zero attached hydrogens (tertiary/aromatic N) is 1. The summed E-state index contributed by atoms with van der Waals surface area (Å²) in [6.07, 6.45) is 3.79. The first-order valence-electron chi connectivity index (χ1n) is 6.24. The molecule has 0 radical (unpaired) electrons. The molecule has 2 aromatic heterocycles. The lowest BCUT2D eigenvalue weighted by Gasteiger charge is -2.05. The molecule has 0 fully saturated rings. The molecule has 5 heteroatoms. The van der Waals surface area contributed by atoms with Crippen LogP contribution in [0.4, 0.5) is 0 Å². The summed E-state index contributed by atoms with van der Waals surface area (Å²) in [5.74, 6) is 0.881. The summed E-state index contributed by atoms with van der Waals surface area (Å²) in [6.45, 7) is 1.73. The highest BCUT2D eigenvalue weighted by molar-refractivity contribution is 5.75. The van der Waals surface area contributed by atoms with Gasteiger partial charge in [0.1, 0.15) is 5.76 Å². The van der Waals surface area contributed by atoms with Crippen LogP contribution in [0.3, 0.4) is 0 Å². The van der Waals surface area contributed by atoms with Crippen molar-refractivity contribution in [3.8, 4) is 0 Å². The Morgan fingerprint density at radius 1 is 1.21 bits per heavy atom. The highest BCUT2D eigenvalue weighted by atomic mass is 16.3. The van der Waals surface area contributed by atoms with Gasteiger partial charge in [-0.1, -0.05) is 6.07 Å². The number of hydrogen-bond donors (Lipinski definition) is 2. The van der Waals surface area contributed by atoms with E-state index in [1.807, 2.05) is 30.3 Å². The second kappa shape index (κ2) is 7.33. The molecule has 0 aliphatic heterocycles. The van der Waals surface area contributed by atoms with Gasteiger partial charge in [-0.2, -0.15) is 0 Å². The standard InChI is InChI=1S/C14H17N3O2/c18-14(17-10-12-4-1-2-7-16-12)6-8-15-11-13-5-3-9-19-13/h1-5,7,9,15H,6,8,10-11H2,(H,17,18). The van der Waals surface area contributed by atoms with Gasteiger partial charge in [-0.3, -0.25) is 9.78 Å². The zero-order chi connectivity index (χ0) is 13.3. The summed E-state index contributed by atoms with van der Waals surface area (Å²) in [6, 6.07) is 9.38. The Morgan fingerprint density at radius 2 is 2.16 bits per heavy atom. The maximum absolute atomic E-state index is 11.6. The van der Waals surface area contributed by atoms with Gasteiger partial charge >= 0.3 is 0 Å². The Morgan fingerprint density at radius 3 is 2.89 bits per heavy atom. The molecule has 100 valence electrons. The predicted octanol–water partition coefficient (Wildman–Crippen LogP) is 1.47. The number of hydrogen-bond acceptors (Lipinski definition) is 4. The number of amides is 1. The van der Waals surface area contributed by atoms with E-state index in [1.165, 1.54) is 0 Å². The number of carbonyl (C=O) groups excluding carboxylic acids is 1. The molecule has 2 rings (SSSR count). The fourth-order valence-electron chi connectivity index (χ4n) is 1.61. The van der Waals surface area contributed by atoms with E-state index in [-0.39, 0.29) is 5.91 Å². The van der Waals surface area contributed by atoms with Crippen LogP contribution >= 0.6 is 0 Å². The van der Waals surface area contributed by atoms with Gasteiger partial charge < -0.3 is 15.1 Å². The summed E-state index contributed by atoms with van der Waals surface area (Å²) in [4.78, 5) is 15.7. The van der Waals surface area contributed by atoms with E-state index in [0.717, 1.165) is 11.5 Å². The first-order chi connectivity index (χ1) is 9.34. The lowest BCUT2D eigenvalue weighted by Crippen LogP contribution is -2.27. The Kier molecular flexibility index (Phi) is 5.13. The minimum Gasteiger partial charge on any atom is -0.468 e. The van der Waals surface area contributed by atoms with Crippen molar-refractivity contribution in [2.45, 2.75) is 19.5 Å². The summed E-state index contributed by atoms with van der Waals surface area (Å²) in [5.41, 5.74) is 0.861. The van der Waals surface area contributed by atoms with Gasteiger partial charge in [-0.05, 0) is 24.3 Å². The quantitative estimate of drug-likeness (QED) is 0.739. The van der Waals surface area contributed by atoms with E-state index in [0.29, 0.717) is 26.1 Å². The summed E-state index contributed by atoms with van der Waals surface area (Å²) in [5, 5.41) is 5.97. The Labute approximate surface area is 112 Å². The largest absolute Gasteiger partial charge is 0.468 e. The molecule has 2 aromatic rings. The molecule has 2 N–H and O–H groups in total. The van der Waals surface area contributed by atoms with Gasteiger partial charge in [0.25, 0.3) is 0 Å². The van der Waals surface area contributed by atoms with Gasteiger partial charge in [0.05, 0.1) is 25.0 Å². The van der Waals surface area contributed by atoms with E-state index >= 15 is 0 Å². The third kappa shape index (κ3) is 4.93. The molecule has 0 saturated heterocycles. The number of carbonyl (C=O) groups is 1. The summed E-state index contributed by atoms with van der Waals surface area (Å²) >= 11 is 0. The van der Waals surface area contributed by atoms with Crippen LogP contribution in [-0.4, -0.2) is 17.4 Å². The maximum atomic E-state index is 11.6. The van der Waals surface area contributed by atoms with Crippen molar-refractivity contribution in [1.29, 1.82) is 0 Å². The molecule has 0 unspecified atom stereocenters. The van der Waals surface area contributed by atoms with Crippen LogP contribution in [0.2, 0.25) is 0 Å². The van der Waals surface area contributed by atoms with E-state index in [1.54, 1.807) is 12.5 Å². The van der Waals surface area contributed by atoms with Crippen molar-refractivity contribution >= 4 is 5.91 Å². The van der Waals surface area contributed by atoms with E-state index < -0.39 is 0 Å². The van der Waals surface area contributed by atoms with Crippen LogP contribution in [0.5, 0.6) is 0 Å². The second-order valence-electron chi connectivity index (χ2n) is 4.10. The molecular weight excluding hydrogens is 242 g/mol. The zero-order valence-corrected chi connectivity index (χ0v) is 10.6. The average Bonchev–Trinajstić information content (AvgIpc) is 2.96. The smallest absolute Gasteiger partial charge is 0.221 e. The molecule has 0 aliphatic rings. The molecule has 0 saturated carbocycles. The fraction of sp³-hybridized carbons (Fsp3) is 0.286. The highest BCUT2D eigenvalue weighted by Crippen LogP contribution is 1.98. The first-order valence-corrected chi connectivity index (χ1v) is 6.24. The number of rotatable bonds is 7. The summed E-state index contributed by atoms with van der Waals surface area (Å²) < 4.78 is 5.17. The third-order valence-electron chi connectivity index (χ3n) is 2.60. The third-order valence-corrected chi connectivity index (χ3v) is 2.60. The Balaban J connectivity index is 1.57. The van der Waals surface area contributed by atoms with Crippen molar-refractivity contribution in [3.05, 3.63) is 54.2 Å². The van der Waals surface area contributed by atoms with Gasteiger partial charge in [0, 0.05) is 19.2 Å². The van der Waals surface area contributed by atoms with Crippen LogP contribution in [0, 0.1) is 0 Å². The lowest BCUT2D eigenvalue weighted by atomic mass is 10.3. The normalized spacial score (nSPS) is 10.3. The molecule has 2 heterocycles. The van der Waals surface area contributed by atoms with E-state index in [4.69, 9.17) is 4.42 Å². The van der Waals surface area contributed by atoms with Gasteiger partial charge in [0.2, 0.25) is 5.91 Å². The Hall–Kier alpha value is -2.14. The van der Waals surface area contributed by atoms with Crippen LogP contribution in [0.1, 0.15) is 17.9 Å². The Bertz CT molecular complexity index is 483. The average molecular weight is 259 g/mol. The van der Waals surface area contributed by atoms with E-state index in [2.05, 4.69) is 15.6 Å². The van der Waals surface area contributed by atoms with Crippen LogP contribution in [0.15, 0.2) is 47.2 Å². The van der Waals surface area contributed by atoms with Crippen molar-refractivity contribution in [3.63, 3.8) is 0 Å². The SMILES string of the molecule is O=C(CCNCc1ccco1)NCc1ccccn1. The molecule has 0 aliphatic carbocycles. The van der Waals surface area contributed by atoms with E-state index in [9.17, 15) is 4.79 Å². The van der Waals surface area contributed by atoms with Gasteiger partial charge in [0.15, 0.2) is 0 Å². The molecule has 19 heavy (non-hydrogen) atoms. The van der Waals surface area contributed by atoms with Crippen LogP contribution in [0.25, 0.3) is 0 Å². The maximum Gasteiger partial charge on any atom is 0.221 e. The predicted molar refractivity (Wildman–Crippen MR) is 71.1 cm³/mol. The van der Waals surface area contributed by atoms with Crippen molar-refractivity contribution in [2.75, 3.05) is 6.54 Å². The molecule has 0 spiro atoms. The second-order valence-corrected chi connectivity index (χ2v) is 4.10. The van der Waals surface area contributed by atoms with Gasteiger partial charge in [-0.15, -0.1) is 0 Å². The zero-order valence-electron chi connectivity index (χ0n) is 10.6. The fourth-order valence-corrected chi connectivity index (χ4v) is 1.61. The molecule has 0 bridgehead atoms. The van der Waals surface area contributed by atoms with Crippen molar-refractivity contribution in [2.24, 2.45) is 0 Å². The number of nitrogens with one attached hydrogen (secondary N) is 2. The minimum absolute atomic E-state index is 0.0117. The lowest BCUT2D eigenvalue weighted by molar-refractivity contribution is -0.121. The molecular formula is C14H17N3O2. The first kappa shape index (κ1) is 13.3. The topological polar surface area (TPSA) is 67.2 Å². The monoisotopic (exact) mass is 259 g/mol. The minimum atomic E-state index is 0.0117. The van der Waals surface area contributed by atoms with Crippen molar-refractivity contribution < 1.29 is 9.21 Å². The molecule has 1 amide bonds. The summed E-state index contributed by atoms with van der Waals surface area (Å²) in [7, 11) is 0. The molecule has 5 nitrogen and oxygen atoms in total. The molecule has 0 atom stereocenters.